The highest BCUT2D eigenvalue weighted by atomic mass is 19.3. The van der Waals surface area contributed by atoms with Crippen molar-refractivity contribution >= 4 is 18.0 Å². The largest absolute Gasteiger partial charge is 0.481 e. The third-order valence-corrected chi connectivity index (χ3v) is 6.78. The molecule has 4 rings (SSSR count). The number of rotatable bonds is 8. The summed E-state index contributed by atoms with van der Waals surface area (Å²) in [6, 6.07) is 13.6. The summed E-state index contributed by atoms with van der Waals surface area (Å²) < 4.78 is 31.9. The van der Waals surface area contributed by atoms with Crippen LogP contribution in [0, 0.1) is 5.92 Å². The van der Waals surface area contributed by atoms with Gasteiger partial charge in [0.15, 0.2) is 0 Å². The Balaban J connectivity index is 1.38. The molecule has 2 aromatic carbocycles. The number of ether oxygens (including phenoxy) is 1. The number of aliphatic carboxylic acids is 1. The first-order valence-corrected chi connectivity index (χ1v) is 11.8. The van der Waals surface area contributed by atoms with Gasteiger partial charge in [-0.2, -0.15) is 0 Å². The maximum atomic E-state index is 13.2. The number of carbonyl (C=O) groups is 3. The fourth-order valence-corrected chi connectivity index (χ4v) is 5.09. The molecule has 0 spiro atoms. The third kappa shape index (κ3) is 5.61. The van der Waals surface area contributed by atoms with Crippen molar-refractivity contribution in [3.63, 3.8) is 0 Å². The molecule has 35 heavy (non-hydrogen) atoms. The second kappa shape index (κ2) is 10.8. The minimum atomic E-state index is -3.01. The number of nitrogens with one attached hydrogen (secondary N) is 2. The highest BCUT2D eigenvalue weighted by Crippen LogP contribution is 2.44. The number of benzene rings is 2. The Morgan fingerprint density at radius 2 is 1.57 bits per heavy atom. The number of halogens is 2. The van der Waals surface area contributed by atoms with Crippen LogP contribution < -0.4 is 10.6 Å². The molecular formula is C26H28F2N2O5. The maximum absolute atomic E-state index is 13.2. The lowest BCUT2D eigenvalue weighted by molar-refractivity contribution is -0.139. The summed E-state index contributed by atoms with van der Waals surface area (Å²) in [5, 5.41) is 13.7. The molecule has 0 aromatic heterocycles. The van der Waals surface area contributed by atoms with Crippen LogP contribution in [0.4, 0.5) is 13.6 Å². The molecule has 1 saturated carbocycles. The lowest BCUT2D eigenvalue weighted by atomic mass is 9.83. The first-order chi connectivity index (χ1) is 16.8. The number of amides is 2. The van der Waals surface area contributed by atoms with E-state index < -0.39 is 48.8 Å². The van der Waals surface area contributed by atoms with Crippen molar-refractivity contribution < 1.29 is 33.0 Å². The van der Waals surface area contributed by atoms with Crippen LogP contribution in [0.3, 0.4) is 0 Å². The number of alkyl carbamates (subject to hydrolysis) is 1. The molecule has 7 nitrogen and oxygen atoms in total. The molecule has 1 unspecified atom stereocenters. The van der Waals surface area contributed by atoms with Crippen LogP contribution in [0.15, 0.2) is 48.5 Å². The Morgan fingerprint density at radius 1 is 0.971 bits per heavy atom. The van der Waals surface area contributed by atoms with Crippen LogP contribution in [-0.4, -0.2) is 48.2 Å². The average Bonchev–Trinajstić information content (AvgIpc) is 3.16. The monoisotopic (exact) mass is 486 g/mol. The molecule has 2 amide bonds. The molecular weight excluding hydrogens is 458 g/mol. The van der Waals surface area contributed by atoms with Crippen LogP contribution in [0.2, 0.25) is 0 Å². The van der Waals surface area contributed by atoms with Crippen LogP contribution in [0.25, 0.3) is 11.1 Å². The van der Waals surface area contributed by atoms with Crippen molar-refractivity contribution in [2.75, 3.05) is 6.61 Å². The van der Waals surface area contributed by atoms with Gasteiger partial charge in [-0.15, -0.1) is 0 Å². The van der Waals surface area contributed by atoms with Crippen molar-refractivity contribution in [3.05, 3.63) is 59.7 Å². The Kier molecular flexibility index (Phi) is 7.63. The van der Waals surface area contributed by atoms with Crippen molar-refractivity contribution in [3.8, 4) is 11.1 Å². The fourth-order valence-electron chi connectivity index (χ4n) is 5.09. The van der Waals surface area contributed by atoms with E-state index in [-0.39, 0.29) is 12.5 Å². The standard InChI is InChI=1S/C26H28F2N2O5/c27-24(28)22(13-23(31)32)29-25(33)19-11-5-6-12-21(19)30-26(34)35-14-20-17-9-3-1-7-15(17)16-8-2-4-10-18(16)20/h1-4,7-10,19-22,24H,5-6,11-14H2,(H,29,33)(H,30,34)(H,31,32)/t19-,21+,22?/m1/s1. The molecule has 0 aliphatic heterocycles. The van der Waals surface area contributed by atoms with E-state index in [0.717, 1.165) is 28.7 Å². The Bertz CT molecular complexity index is 1050. The predicted octanol–water partition coefficient (Wildman–Crippen LogP) is 4.31. The SMILES string of the molecule is O=C(O)CC(NC(=O)[C@@H]1CCCC[C@@H]1NC(=O)OCC1c2ccccc2-c2ccccc21)C(F)F. The number of carboxylic acids is 1. The van der Waals surface area contributed by atoms with Gasteiger partial charge in [0, 0.05) is 12.0 Å². The summed E-state index contributed by atoms with van der Waals surface area (Å²) in [5.41, 5.74) is 4.37. The topological polar surface area (TPSA) is 105 Å². The van der Waals surface area contributed by atoms with E-state index in [4.69, 9.17) is 9.84 Å². The highest BCUT2D eigenvalue weighted by Gasteiger charge is 2.36. The van der Waals surface area contributed by atoms with Crippen LogP contribution in [-0.2, 0) is 14.3 Å². The first-order valence-electron chi connectivity index (χ1n) is 11.8. The van der Waals surface area contributed by atoms with Gasteiger partial charge in [-0.05, 0) is 35.1 Å². The number of fused-ring (bicyclic) bond motifs is 3. The molecule has 9 heteroatoms. The number of alkyl halides is 2. The molecule has 3 atom stereocenters. The average molecular weight is 487 g/mol. The zero-order valence-electron chi connectivity index (χ0n) is 19.1. The van der Waals surface area contributed by atoms with E-state index >= 15 is 0 Å². The predicted molar refractivity (Wildman–Crippen MR) is 124 cm³/mol. The number of hydrogen-bond donors (Lipinski definition) is 3. The maximum Gasteiger partial charge on any atom is 0.407 e. The molecule has 2 aliphatic rings. The van der Waals surface area contributed by atoms with Crippen molar-refractivity contribution in [1.82, 2.24) is 10.6 Å². The molecule has 1 fully saturated rings. The van der Waals surface area contributed by atoms with Gasteiger partial charge in [-0.1, -0.05) is 61.4 Å². The lowest BCUT2D eigenvalue weighted by Crippen LogP contribution is -2.52. The summed E-state index contributed by atoms with van der Waals surface area (Å²) >= 11 is 0. The summed E-state index contributed by atoms with van der Waals surface area (Å²) in [4.78, 5) is 36.2. The van der Waals surface area contributed by atoms with Gasteiger partial charge in [0.05, 0.1) is 12.3 Å². The summed E-state index contributed by atoms with van der Waals surface area (Å²) in [6.07, 6.45) is -2.17. The quantitative estimate of drug-likeness (QED) is 0.516. The normalized spacial score (nSPS) is 20.0. The minimum absolute atomic E-state index is 0.110. The second-order valence-corrected chi connectivity index (χ2v) is 9.01. The molecule has 0 radical (unpaired) electrons. The minimum Gasteiger partial charge on any atom is -0.481 e. The van der Waals surface area contributed by atoms with E-state index in [1.165, 1.54) is 0 Å². The smallest absolute Gasteiger partial charge is 0.407 e. The van der Waals surface area contributed by atoms with Gasteiger partial charge in [-0.25, -0.2) is 13.6 Å². The number of hydrogen-bond acceptors (Lipinski definition) is 4. The molecule has 0 saturated heterocycles. The van der Waals surface area contributed by atoms with E-state index in [1.807, 2.05) is 48.5 Å². The summed E-state index contributed by atoms with van der Waals surface area (Å²) in [7, 11) is 0. The molecule has 186 valence electrons. The number of carboxylic acid groups (broad SMARTS) is 1. The van der Waals surface area contributed by atoms with Gasteiger partial charge in [-0.3, -0.25) is 9.59 Å². The van der Waals surface area contributed by atoms with Crippen LogP contribution in [0.5, 0.6) is 0 Å². The van der Waals surface area contributed by atoms with E-state index in [1.54, 1.807) is 0 Å². The van der Waals surface area contributed by atoms with Crippen LogP contribution >= 0.6 is 0 Å². The van der Waals surface area contributed by atoms with Crippen molar-refractivity contribution in [2.45, 2.75) is 56.5 Å². The van der Waals surface area contributed by atoms with Gasteiger partial charge in [0.2, 0.25) is 5.91 Å². The van der Waals surface area contributed by atoms with Gasteiger partial charge < -0.3 is 20.5 Å². The zero-order valence-corrected chi connectivity index (χ0v) is 19.1. The molecule has 2 aliphatic carbocycles. The fraction of sp³-hybridized carbons (Fsp3) is 0.423. The second-order valence-electron chi connectivity index (χ2n) is 9.01. The Hall–Kier alpha value is -3.49. The third-order valence-electron chi connectivity index (χ3n) is 6.78. The Morgan fingerprint density at radius 3 is 2.17 bits per heavy atom. The number of carbonyl (C=O) groups excluding carboxylic acids is 2. The first kappa shape index (κ1) is 24.6. The van der Waals surface area contributed by atoms with Crippen molar-refractivity contribution in [1.29, 1.82) is 0 Å². The molecule has 0 bridgehead atoms. The van der Waals surface area contributed by atoms with Gasteiger partial charge >= 0.3 is 12.1 Å². The van der Waals surface area contributed by atoms with E-state index in [9.17, 15) is 23.2 Å². The van der Waals surface area contributed by atoms with Crippen molar-refractivity contribution in [2.24, 2.45) is 5.92 Å². The van der Waals surface area contributed by atoms with Crippen LogP contribution in [0.1, 0.15) is 49.1 Å². The van der Waals surface area contributed by atoms with E-state index in [2.05, 4.69) is 10.6 Å². The zero-order chi connectivity index (χ0) is 24.9. The molecule has 2 aromatic rings. The summed E-state index contributed by atoms with van der Waals surface area (Å²) in [5.74, 6) is -2.95. The van der Waals surface area contributed by atoms with Gasteiger partial charge in [0.25, 0.3) is 6.43 Å². The molecule has 0 heterocycles. The van der Waals surface area contributed by atoms with Gasteiger partial charge in [0.1, 0.15) is 12.6 Å². The molecule has 3 N–H and O–H groups in total. The highest BCUT2D eigenvalue weighted by molar-refractivity contribution is 5.82. The summed E-state index contributed by atoms with van der Waals surface area (Å²) in [6.45, 7) is 0.121. The Labute approximate surface area is 201 Å². The lowest BCUT2D eigenvalue weighted by Gasteiger charge is -2.32. The van der Waals surface area contributed by atoms with E-state index in [0.29, 0.717) is 19.3 Å².